The van der Waals surface area contributed by atoms with Crippen LogP contribution >= 0.6 is 0 Å². The molecule has 5 nitrogen and oxygen atoms in total. The SMILES string of the molecule is O=C(NCc1ccc(C(=O)N2CCCCC2)cc1)c1cccc2cccnc12. The lowest BCUT2D eigenvalue weighted by Crippen LogP contribution is -2.35. The van der Waals surface area contributed by atoms with Crippen molar-refractivity contribution in [3.63, 3.8) is 0 Å². The summed E-state index contributed by atoms with van der Waals surface area (Å²) in [5.41, 5.74) is 2.92. The van der Waals surface area contributed by atoms with Gasteiger partial charge in [-0.1, -0.05) is 30.3 Å². The Morgan fingerprint density at radius 3 is 2.46 bits per heavy atom. The number of benzene rings is 2. The molecule has 1 N–H and O–H groups in total. The minimum absolute atomic E-state index is 0.0946. The first-order chi connectivity index (χ1) is 13.7. The van der Waals surface area contributed by atoms with E-state index in [2.05, 4.69) is 10.3 Å². The van der Waals surface area contributed by atoms with Gasteiger partial charge in [0.1, 0.15) is 0 Å². The summed E-state index contributed by atoms with van der Waals surface area (Å²) in [4.78, 5) is 31.4. The van der Waals surface area contributed by atoms with E-state index in [1.807, 2.05) is 53.4 Å². The van der Waals surface area contributed by atoms with Crippen LogP contribution in [-0.4, -0.2) is 34.8 Å². The number of amides is 2. The molecule has 0 atom stereocenters. The molecular weight excluding hydrogens is 350 g/mol. The van der Waals surface area contributed by atoms with Gasteiger partial charge in [-0.25, -0.2) is 0 Å². The van der Waals surface area contributed by atoms with Gasteiger partial charge < -0.3 is 10.2 Å². The number of hydrogen-bond donors (Lipinski definition) is 1. The number of likely N-dealkylation sites (tertiary alicyclic amines) is 1. The fourth-order valence-electron chi connectivity index (χ4n) is 3.61. The maximum absolute atomic E-state index is 12.6. The summed E-state index contributed by atoms with van der Waals surface area (Å²) in [6, 6.07) is 16.9. The van der Waals surface area contributed by atoms with E-state index in [1.54, 1.807) is 12.3 Å². The molecule has 0 radical (unpaired) electrons. The zero-order chi connectivity index (χ0) is 19.3. The zero-order valence-corrected chi connectivity index (χ0v) is 15.7. The van der Waals surface area contributed by atoms with E-state index >= 15 is 0 Å². The second-order valence-electron chi connectivity index (χ2n) is 7.11. The summed E-state index contributed by atoms with van der Waals surface area (Å²) in [7, 11) is 0. The Morgan fingerprint density at radius 2 is 1.68 bits per heavy atom. The number of hydrogen-bond acceptors (Lipinski definition) is 3. The molecule has 0 unspecified atom stereocenters. The van der Waals surface area contributed by atoms with Gasteiger partial charge in [0.2, 0.25) is 0 Å². The van der Waals surface area contributed by atoms with Crippen molar-refractivity contribution in [1.29, 1.82) is 0 Å². The second kappa shape index (κ2) is 8.21. The Morgan fingerprint density at radius 1 is 0.929 bits per heavy atom. The number of nitrogens with zero attached hydrogens (tertiary/aromatic N) is 2. The Labute approximate surface area is 164 Å². The molecule has 4 rings (SSSR count). The maximum atomic E-state index is 12.6. The van der Waals surface area contributed by atoms with Gasteiger partial charge in [-0.2, -0.15) is 0 Å². The van der Waals surface area contributed by atoms with Crippen molar-refractivity contribution in [3.05, 3.63) is 77.5 Å². The van der Waals surface area contributed by atoms with Crippen molar-refractivity contribution in [1.82, 2.24) is 15.2 Å². The first kappa shape index (κ1) is 18.2. The number of aromatic nitrogens is 1. The predicted octanol–water partition coefficient (Wildman–Crippen LogP) is 3.79. The van der Waals surface area contributed by atoms with Crippen molar-refractivity contribution in [2.24, 2.45) is 0 Å². The van der Waals surface area contributed by atoms with Crippen LogP contribution in [0.15, 0.2) is 60.8 Å². The molecular formula is C23H23N3O2. The van der Waals surface area contributed by atoms with Gasteiger partial charge in [0, 0.05) is 36.8 Å². The molecule has 2 amide bonds. The number of rotatable bonds is 4. The van der Waals surface area contributed by atoms with Crippen LogP contribution in [0.2, 0.25) is 0 Å². The van der Waals surface area contributed by atoms with E-state index < -0.39 is 0 Å². The molecule has 3 aromatic rings. The van der Waals surface area contributed by atoms with Gasteiger partial charge in [0.25, 0.3) is 11.8 Å². The van der Waals surface area contributed by atoms with Crippen LogP contribution < -0.4 is 5.32 Å². The van der Waals surface area contributed by atoms with Gasteiger partial charge in [0.15, 0.2) is 0 Å². The fourth-order valence-corrected chi connectivity index (χ4v) is 3.61. The molecule has 0 bridgehead atoms. The lowest BCUT2D eigenvalue weighted by molar-refractivity contribution is 0.0724. The second-order valence-corrected chi connectivity index (χ2v) is 7.11. The molecule has 1 aliphatic heterocycles. The Hall–Kier alpha value is -3.21. The molecule has 2 heterocycles. The average molecular weight is 373 g/mol. The number of nitrogens with one attached hydrogen (secondary N) is 1. The van der Waals surface area contributed by atoms with Crippen LogP contribution in [0, 0.1) is 0 Å². The fraction of sp³-hybridized carbons (Fsp3) is 0.261. The van der Waals surface area contributed by atoms with E-state index in [0.717, 1.165) is 36.9 Å². The van der Waals surface area contributed by atoms with Gasteiger partial charge in [-0.3, -0.25) is 14.6 Å². The smallest absolute Gasteiger partial charge is 0.253 e. The molecule has 28 heavy (non-hydrogen) atoms. The van der Waals surface area contributed by atoms with E-state index in [9.17, 15) is 9.59 Å². The van der Waals surface area contributed by atoms with Crippen molar-refractivity contribution < 1.29 is 9.59 Å². The van der Waals surface area contributed by atoms with Crippen molar-refractivity contribution in [3.8, 4) is 0 Å². The van der Waals surface area contributed by atoms with E-state index in [1.165, 1.54) is 6.42 Å². The highest BCUT2D eigenvalue weighted by atomic mass is 16.2. The van der Waals surface area contributed by atoms with Crippen molar-refractivity contribution in [2.75, 3.05) is 13.1 Å². The molecule has 5 heteroatoms. The third-order valence-corrected chi connectivity index (χ3v) is 5.17. The Kier molecular flexibility index (Phi) is 5.33. The summed E-state index contributed by atoms with van der Waals surface area (Å²) in [5.74, 6) is -0.0603. The number of pyridine rings is 1. The molecule has 2 aromatic carbocycles. The van der Waals surface area contributed by atoms with Gasteiger partial charge in [0.05, 0.1) is 11.1 Å². The van der Waals surface area contributed by atoms with Crippen LogP contribution in [0.4, 0.5) is 0 Å². The van der Waals surface area contributed by atoms with Crippen LogP contribution in [0.5, 0.6) is 0 Å². The van der Waals surface area contributed by atoms with Crippen LogP contribution in [0.25, 0.3) is 10.9 Å². The standard InChI is InChI=1S/C23H23N3O2/c27-22(20-8-4-6-18-7-5-13-24-21(18)20)25-16-17-9-11-19(12-10-17)23(28)26-14-2-1-3-15-26/h4-13H,1-3,14-16H2,(H,25,27). The van der Waals surface area contributed by atoms with E-state index in [-0.39, 0.29) is 11.8 Å². The largest absolute Gasteiger partial charge is 0.348 e. The molecule has 1 aromatic heterocycles. The summed E-state index contributed by atoms with van der Waals surface area (Å²) in [6.45, 7) is 2.09. The minimum Gasteiger partial charge on any atom is -0.348 e. The lowest BCUT2D eigenvalue weighted by Gasteiger charge is -2.26. The highest BCUT2D eigenvalue weighted by molar-refractivity contribution is 6.05. The first-order valence-electron chi connectivity index (χ1n) is 9.72. The molecule has 1 fully saturated rings. The van der Waals surface area contributed by atoms with E-state index in [0.29, 0.717) is 23.2 Å². The van der Waals surface area contributed by atoms with Crippen LogP contribution in [0.1, 0.15) is 45.5 Å². The highest BCUT2D eigenvalue weighted by Gasteiger charge is 2.18. The van der Waals surface area contributed by atoms with Crippen molar-refractivity contribution >= 4 is 22.7 Å². The molecule has 0 spiro atoms. The van der Waals surface area contributed by atoms with Gasteiger partial charge >= 0.3 is 0 Å². The monoisotopic (exact) mass is 373 g/mol. The lowest BCUT2D eigenvalue weighted by atomic mass is 10.1. The van der Waals surface area contributed by atoms with Crippen molar-refractivity contribution in [2.45, 2.75) is 25.8 Å². The summed E-state index contributed by atoms with van der Waals surface area (Å²) in [6.07, 6.45) is 5.06. The number of fused-ring (bicyclic) bond motifs is 1. The normalized spacial score (nSPS) is 14.1. The van der Waals surface area contributed by atoms with E-state index in [4.69, 9.17) is 0 Å². The Balaban J connectivity index is 1.40. The highest BCUT2D eigenvalue weighted by Crippen LogP contribution is 2.17. The predicted molar refractivity (Wildman–Crippen MR) is 109 cm³/mol. The number of carbonyl (C=O) groups excluding carboxylic acids is 2. The summed E-state index contributed by atoms with van der Waals surface area (Å²) < 4.78 is 0. The van der Waals surface area contributed by atoms with Crippen LogP contribution in [-0.2, 0) is 6.54 Å². The quantitative estimate of drug-likeness (QED) is 0.757. The third-order valence-electron chi connectivity index (χ3n) is 5.17. The molecule has 0 aliphatic carbocycles. The molecule has 142 valence electrons. The Bertz CT molecular complexity index is 987. The van der Waals surface area contributed by atoms with Gasteiger partial charge in [-0.15, -0.1) is 0 Å². The number of para-hydroxylation sites is 1. The first-order valence-corrected chi connectivity index (χ1v) is 9.72. The minimum atomic E-state index is -0.155. The summed E-state index contributed by atoms with van der Waals surface area (Å²) >= 11 is 0. The molecule has 0 saturated carbocycles. The summed E-state index contributed by atoms with van der Waals surface area (Å²) in [5, 5.41) is 3.89. The molecule has 1 saturated heterocycles. The van der Waals surface area contributed by atoms with Crippen LogP contribution in [0.3, 0.4) is 0 Å². The average Bonchev–Trinajstić information content (AvgIpc) is 2.77. The maximum Gasteiger partial charge on any atom is 0.253 e. The number of carbonyl (C=O) groups is 2. The number of piperidine rings is 1. The van der Waals surface area contributed by atoms with Gasteiger partial charge in [-0.05, 0) is 49.1 Å². The molecule has 1 aliphatic rings. The third kappa shape index (κ3) is 3.88. The topological polar surface area (TPSA) is 62.3 Å². The zero-order valence-electron chi connectivity index (χ0n) is 15.7.